The predicted molar refractivity (Wildman–Crippen MR) is 80.8 cm³/mol. The SMILES string of the molecule is CCn1ccnc1CN1CCN(CC(=O)N2CCC2)CC1. The second-order valence-electron chi connectivity index (χ2n) is 5.92. The van der Waals surface area contributed by atoms with Gasteiger partial charge in [0, 0.05) is 58.2 Å². The minimum atomic E-state index is 0.302. The minimum absolute atomic E-state index is 0.302. The lowest BCUT2D eigenvalue weighted by Crippen LogP contribution is -2.52. The third kappa shape index (κ3) is 3.44. The number of aryl methyl sites for hydroxylation is 1. The quantitative estimate of drug-likeness (QED) is 0.780. The van der Waals surface area contributed by atoms with Crippen molar-refractivity contribution in [3.63, 3.8) is 0 Å². The van der Waals surface area contributed by atoms with Gasteiger partial charge in [0.25, 0.3) is 0 Å². The lowest BCUT2D eigenvalue weighted by atomic mass is 10.2. The molecule has 0 unspecified atom stereocenters. The number of imidazole rings is 1. The first-order valence-corrected chi connectivity index (χ1v) is 7.98. The van der Waals surface area contributed by atoms with Crippen LogP contribution in [0.5, 0.6) is 0 Å². The maximum absolute atomic E-state index is 12.0. The number of hydrogen-bond donors (Lipinski definition) is 0. The van der Waals surface area contributed by atoms with E-state index >= 15 is 0 Å². The van der Waals surface area contributed by atoms with E-state index in [-0.39, 0.29) is 0 Å². The molecule has 0 radical (unpaired) electrons. The van der Waals surface area contributed by atoms with Crippen LogP contribution >= 0.6 is 0 Å². The van der Waals surface area contributed by atoms with Crippen molar-refractivity contribution in [3.05, 3.63) is 18.2 Å². The van der Waals surface area contributed by atoms with Crippen molar-refractivity contribution < 1.29 is 4.79 Å². The normalized spacial score (nSPS) is 20.5. The molecule has 116 valence electrons. The van der Waals surface area contributed by atoms with Crippen molar-refractivity contribution in [2.45, 2.75) is 26.4 Å². The van der Waals surface area contributed by atoms with Crippen LogP contribution in [-0.2, 0) is 17.9 Å². The molecule has 6 nitrogen and oxygen atoms in total. The van der Waals surface area contributed by atoms with Crippen molar-refractivity contribution in [2.75, 3.05) is 45.8 Å². The number of amides is 1. The number of likely N-dealkylation sites (tertiary alicyclic amines) is 1. The molecular formula is C15H25N5O. The molecule has 2 fully saturated rings. The first-order chi connectivity index (χ1) is 10.3. The van der Waals surface area contributed by atoms with Crippen LogP contribution in [0, 0.1) is 0 Å². The van der Waals surface area contributed by atoms with Gasteiger partial charge in [0.1, 0.15) is 5.82 Å². The summed E-state index contributed by atoms with van der Waals surface area (Å²) in [6.07, 6.45) is 5.09. The Balaban J connectivity index is 1.43. The van der Waals surface area contributed by atoms with E-state index in [1.165, 1.54) is 6.42 Å². The number of hydrogen-bond acceptors (Lipinski definition) is 4. The summed E-state index contributed by atoms with van der Waals surface area (Å²) in [5.74, 6) is 1.44. The fourth-order valence-electron chi connectivity index (χ4n) is 2.94. The second kappa shape index (κ2) is 6.58. The van der Waals surface area contributed by atoms with Gasteiger partial charge >= 0.3 is 0 Å². The van der Waals surface area contributed by atoms with Gasteiger partial charge in [0.05, 0.1) is 13.1 Å². The van der Waals surface area contributed by atoms with E-state index in [0.29, 0.717) is 12.5 Å². The van der Waals surface area contributed by atoms with Gasteiger partial charge in [-0.2, -0.15) is 0 Å². The molecule has 2 aliphatic heterocycles. The van der Waals surface area contributed by atoms with Crippen molar-refractivity contribution >= 4 is 5.91 Å². The van der Waals surface area contributed by atoms with Crippen LogP contribution in [0.25, 0.3) is 0 Å². The molecule has 21 heavy (non-hydrogen) atoms. The van der Waals surface area contributed by atoms with Crippen LogP contribution < -0.4 is 0 Å². The van der Waals surface area contributed by atoms with Crippen LogP contribution in [0.2, 0.25) is 0 Å². The van der Waals surface area contributed by atoms with Crippen molar-refractivity contribution in [1.82, 2.24) is 24.3 Å². The average molecular weight is 291 g/mol. The summed E-state index contributed by atoms with van der Waals surface area (Å²) in [4.78, 5) is 23.1. The van der Waals surface area contributed by atoms with Gasteiger partial charge in [-0.05, 0) is 13.3 Å². The smallest absolute Gasteiger partial charge is 0.236 e. The third-order valence-corrected chi connectivity index (χ3v) is 4.54. The molecule has 2 aliphatic rings. The monoisotopic (exact) mass is 291 g/mol. The molecule has 6 heteroatoms. The molecule has 0 aliphatic carbocycles. The highest BCUT2D eigenvalue weighted by Gasteiger charge is 2.24. The first-order valence-electron chi connectivity index (χ1n) is 7.98. The summed E-state index contributed by atoms with van der Waals surface area (Å²) in [6.45, 7) is 10.5. The van der Waals surface area contributed by atoms with Crippen molar-refractivity contribution in [2.24, 2.45) is 0 Å². The molecule has 1 aromatic heterocycles. The number of carbonyl (C=O) groups is 1. The van der Waals surface area contributed by atoms with Crippen LogP contribution in [0.3, 0.4) is 0 Å². The zero-order chi connectivity index (χ0) is 14.7. The average Bonchev–Trinajstić information content (AvgIpc) is 2.86. The van der Waals surface area contributed by atoms with Crippen LogP contribution in [0.1, 0.15) is 19.2 Å². The summed E-state index contributed by atoms with van der Waals surface area (Å²) in [7, 11) is 0. The highest BCUT2D eigenvalue weighted by Crippen LogP contribution is 2.10. The van der Waals surface area contributed by atoms with Gasteiger partial charge in [-0.15, -0.1) is 0 Å². The Kier molecular flexibility index (Phi) is 4.55. The van der Waals surface area contributed by atoms with E-state index in [4.69, 9.17) is 0 Å². The maximum atomic E-state index is 12.0. The lowest BCUT2D eigenvalue weighted by molar-refractivity contribution is -0.136. The van der Waals surface area contributed by atoms with Crippen molar-refractivity contribution in [3.8, 4) is 0 Å². The zero-order valence-corrected chi connectivity index (χ0v) is 12.9. The van der Waals surface area contributed by atoms with Crippen molar-refractivity contribution in [1.29, 1.82) is 0 Å². The molecule has 3 rings (SSSR count). The van der Waals surface area contributed by atoms with E-state index in [9.17, 15) is 4.79 Å². The van der Waals surface area contributed by atoms with E-state index in [1.54, 1.807) is 0 Å². The molecule has 2 saturated heterocycles. The molecule has 0 saturated carbocycles. The number of piperazine rings is 1. The molecule has 0 atom stereocenters. The first kappa shape index (κ1) is 14.5. The molecular weight excluding hydrogens is 266 g/mol. The highest BCUT2D eigenvalue weighted by molar-refractivity contribution is 5.78. The topological polar surface area (TPSA) is 44.6 Å². The maximum Gasteiger partial charge on any atom is 0.236 e. The van der Waals surface area contributed by atoms with Gasteiger partial charge in [0.15, 0.2) is 0 Å². The summed E-state index contributed by atoms with van der Waals surface area (Å²) >= 11 is 0. The Bertz CT molecular complexity index is 474. The minimum Gasteiger partial charge on any atom is -0.341 e. The van der Waals surface area contributed by atoms with Crippen LogP contribution in [0.15, 0.2) is 12.4 Å². The van der Waals surface area contributed by atoms with E-state index < -0.39 is 0 Å². The molecule has 0 aromatic carbocycles. The Morgan fingerprint density at radius 2 is 1.86 bits per heavy atom. The summed E-state index contributed by atoms with van der Waals surface area (Å²) < 4.78 is 2.19. The Labute approximate surface area is 126 Å². The molecule has 0 spiro atoms. The van der Waals surface area contributed by atoms with Gasteiger partial charge in [-0.25, -0.2) is 4.98 Å². The molecule has 3 heterocycles. The highest BCUT2D eigenvalue weighted by atomic mass is 16.2. The fourth-order valence-corrected chi connectivity index (χ4v) is 2.94. The Morgan fingerprint density at radius 1 is 1.14 bits per heavy atom. The largest absolute Gasteiger partial charge is 0.341 e. The summed E-state index contributed by atoms with van der Waals surface area (Å²) in [6, 6.07) is 0. The summed E-state index contributed by atoms with van der Waals surface area (Å²) in [5, 5.41) is 0. The lowest BCUT2D eigenvalue weighted by Gasteiger charge is -2.37. The van der Waals surface area contributed by atoms with Gasteiger partial charge in [-0.1, -0.05) is 0 Å². The number of rotatable bonds is 5. The molecule has 1 amide bonds. The van der Waals surface area contributed by atoms with E-state index in [2.05, 4.69) is 26.3 Å². The van der Waals surface area contributed by atoms with Gasteiger partial charge < -0.3 is 9.47 Å². The van der Waals surface area contributed by atoms with Gasteiger partial charge in [0.2, 0.25) is 5.91 Å². The number of nitrogens with zero attached hydrogens (tertiary/aromatic N) is 5. The third-order valence-electron chi connectivity index (χ3n) is 4.54. The summed E-state index contributed by atoms with van der Waals surface area (Å²) in [5.41, 5.74) is 0. The standard InChI is InChI=1S/C15H25N5O/c1-2-19-7-4-16-14(19)12-17-8-10-18(11-9-17)13-15(21)20-5-3-6-20/h4,7H,2-3,5-6,8-13H2,1H3. The van der Waals surface area contributed by atoms with E-state index in [0.717, 1.165) is 58.2 Å². The predicted octanol–water partition coefficient (Wildman–Crippen LogP) is 0.253. The molecule has 0 bridgehead atoms. The zero-order valence-electron chi connectivity index (χ0n) is 12.9. The Morgan fingerprint density at radius 3 is 2.48 bits per heavy atom. The van der Waals surface area contributed by atoms with Crippen LogP contribution in [-0.4, -0.2) is 76.0 Å². The van der Waals surface area contributed by atoms with Crippen LogP contribution in [0.4, 0.5) is 0 Å². The molecule has 0 N–H and O–H groups in total. The molecule has 1 aromatic rings. The fraction of sp³-hybridized carbons (Fsp3) is 0.733. The second-order valence-corrected chi connectivity index (χ2v) is 5.92. The number of aromatic nitrogens is 2. The Hall–Kier alpha value is -1.40. The number of carbonyl (C=O) groups excluding carboxylic acids is 1. The van der Waals surface area contributed by atoms with Gasteiger partial charge in [-0.3, -0.25) is 14.6 Å². The van der Waals surface area contributed by atoms with E-state index in [1.807, 2.05) is 17.3 Å².